The number of piperidine rings is 1. The molecule has 2 aliphatic rings. The summed E-state index contributed by atoms with van der Waals surface area (Å²) in [4.78, 5) is 12.1. The zero-order valence-corrected chi connectivity index (χ0v) is 14.4. The van der Waals surface area contributed by atoms with Crippen molar-refractivity contribution in [3.05, 3.63) is 35.4 Å². The zero-order valence-electron chi connectivity index (χ0n) is 13.6. The van der Waals surface area contributed by atoms with E-state index in [1.165, 1.54) is 12.8 Å². The van der Waals surface area contributed by atoms with Crippen molar-refractivity contribution in [1.82, 2.24) is 10.6 Å². The molecule has 1 amide bonds. The Kier molecular flexibility index (Phi) is 6.45. The van der Waals surface area contributed by atoms with E-state index in [9.17, 15) is 9.90 Å². The Bertz CT molecular complexity index is 526. The molecule has 1 aromatic rings. The van der Waals surface area contributed by atoms with E-state index < -0.39 is 6.10 Å². The Hall–Kier alpha value is -1.10. The predicted molar refractivity (Wildman–Crippen MR) is 93.7 cm³/mol. The number of nitrogens with one attached hydrogen (secondary N) is 2. The van der Waals surface area contributed by atoms with E-state index in [0.29, 0.717) is 31.0 Å². The summed E-state index contributed by atoms with van der Waals surface area (Å²) in [7, 11) is 0. The SMILES string of the molecule is Cc1ccccc1C(O)CNC(=O)CC1CC2CCC(C1)N2.Cl. The summed E-state index contributed by atoms with van der Waals surface area (Å²) in [5.74, 6) is 0.563. The number of amides is 1. The summed E-state index contributed by atoms with van der Waals surface area (Å²) in [6.45, 7) is 2.27. The molecule has 4 nitrogen and oxygen atoms in total. The van der Waals surface area contributed by atoms with E-state index in [4.69, 9.17) is 0 Å². The van der Waals surface area contributed by atoms with Crippen molar-refractivity contribution >= 4 is 18.3 Å². The average Bonchev–Trinajstić information content (AvgIpc) is 2.84. The molecule has 23 heavy (non-hydrogen) atoms. The molecule has 0 radical (unpaired) electrons. The smallest absolute Gasteiger partial charge is 0.220 e. The summed E-state index contributed by atoms with van der Waals surface area (Å²) in [5, 5.41) is 16.7. The van der Waals surface area contributed by atoms with Crippen LogP contribution in [0.2, 0.25) is 0 Å². The summed E-state index contributed by atoms with van der Waals surface area (Å²) in [6.07, 6.45) is 4.71. The fourth-order valence-corrected chi connectivity index (χ4v) is 3.96. The number of carbonyl (C=O) groups excluding carboxylic acids is 1. The van der Waals surface area contributed by atoms with Crippen LogP contribution >= 0.6 is 12.4 Å². The molecule has 3 rings (SSSR count). The van der Waals surface area contributed by atoms with Gasteiger partial charge in [0.25, 0.3) is 0 Å². The molecule has 2 fully saturated rings. The number of aryl methyl sites for hydroxylation is 1. The molecule has 0 aromatic heterocycles. The first-order valence-corrected chi connectivity index (χ1v) is 8.38. The maximum atomic E-state index is 12.1. The number of aliphatic hydroxyl groups excluding tert-OH is 1. The second-order valence-electron chi connectivity index (χ2n) is 6.86. The van der Waals surface area contributed by atoms with Crippen molar-refractivity contribution in [3.63, 3.8) is 0 Å². The molecule has 128 valence electrons. The minimum atomic E-state index is -0.630. The van der Waals surface area contributed by atoms with Gasteiger partial charge < -0.3 is 15.7 Å². The molecule has 2 bridgehead atoms. The molecule has 3 unspecified atom stereocenters. The lowest BCUT2D eigenvalue weighted by atomic mass is 9.89. The molecule has 0 aliphatic carbocycles. The number of hydrogen-bond acceptors (Lipinski definition) is 3. The number of fused-ring (bicyclic) bond motifs is 2. The maximum Gasteiger partial charge on any atom is 0.220 e. The van der Waals surface area contributed by atoms with Gasteiger partial charge in [-0.15, -0.1) is 12.4 Å². The highest BCUT2D eigenvalue weighted by Crippen LogP contribution is 2.32. The minimum absolute atomic E-state index is 0. The van der Waals surface area contributed by atoms with Crippen LogP contribution in [0.25, 0.3) is 0 Å². The third-order valence-electron chi connectivity index (χ3n) is 5.08. The second-order valence-corrected chi connectivity index (χ2v) is 6.86. The van der Waals surface area contributed by atoms with Crippen molar-refractivity contribution in [3.8, 4) is 0 Å². The largest absolute Gasteiger partial charge is 0.387 e. The van der Waals surface area contributed by atoms with Gasteiger partial charge in [0.1, 0.15) is 0 Å². The summed E-state index contributed by atoms with van der Waals surface area (Å²) in [6, 6.07) is 9.00. The standard InChI is InChI=1S/C18H26N2O2.ClH/c1-12-4-2-3-5-16(12)17(21)11-19-18(22)10-13-8-14-6-7-15(9-13)20-14;/h2-5,13-15,17,20-21H,6-11H2,1H3,(H,19,22);1H. The van der Waals surface area contributed by atoms with Gasteiger partial charge in [0.15, 0.2) is 0 Å². The maximum absolute atomic E-state index is 12.1. The Balaban J connectivity index is 0.00000192. The van der Waals surface area contributed by atoms with Gasteiger partial charge in [-0.25, -0.2) is 0 Å². The summed E-state index contributed by atoms with van der Waals surface area (Å²) in [5.41, 5.74) is 1.95. The van der Waals surface area contributed by atoms with E-state index in [0.717, 1.165) is 24.0 Å². The number of aliphatic hydroxyl groups is 1. The lowest BCUT2D eigenvalue weighted by molar-refractivity contribution is -0.122. The number of hydrogen-bond donors (Lipinski definition) is 3. The number of rotatable bonds is 5. The van der Waals surface area contributed by atoms with Crippen molar-refractivity contribution in [1.29, 1.82) is 0 Å². The van der Waals surface area contributed by atoms with Gasteiger partial charge in [0.05, 0.1) is 6.10 Å². The summed E-state index contributed by atoms with van der Waals surface area (Å²) >= 11 is 0. The van der Waals surface area contributed by atoms with E-state index in [1.54, 1.807) is 0 Å². The van der Waals surface area contributed by atoms with Crippen LogP contribution in [0.1, 0.15) is 49.3 Å². The molecule has 2 heterocycles. The Morgan fingerprint density at radius 1 is 1.30 bits per heavy atom. The quantitative estimate of drug-likeness (QED) is 0.773. The topological polar surface area (TPSA) is 61.4 Å². The van der Waals surface area contributed by atoms with Crippen LogP contribution < -0.4 is 10.6 Å². The van der Waals surface area contributed by atoms with Gasteiger partial charge in [-0.1, -0.05) is 24.3 Å². The zero-order chi connectivity index (χ0) is 15.5. The van der Waals surface area contributed by atoms with Crippen molar-refractivity contribution in [2.45, 2.75) is 57.2 Å². The third kappa shape index (κ3) is 4.69. The molecule has 1 aromatic carbocycles. The van der Waals surface area contributed by atoms with Gasteiger partial charge >= 0.3 is 0 Å². The van der Waals surface area contributed by atoms with Gasteiger partial charge in [-0.05, 0) is 49.7 Å². The van der Waals surface area contributed by atoms with Crippen LogP contribution in [0.15, 0.2) is 24.3 Å². The van der Waals surface area contributed by atoms with Crippen LogP contribution in [-0.4, -0.2) is 29.6 Å². The second kappa shape index (κ2) is 8.13. The molecule has 2 saturated heterocycles. The molecule has 3 atom stereocenters. The molecular formula is C18H27ClN2O2. The molecular weight excluding hydrogens is 312 g/mol. The fourth-order valence-electron chi connectivity index (χ4n) is 3.96. The van der Waals surface area contributed by atoms with E-state index in [-0.39, 0.29) is 18.3 Å². The van der Waals surface area contributed by atoms with Gasteiger partial charge in [-0.2, -0.15) is 0 Å². The summed E-state index contributed by atoms with van der Waals surface area (Å²) < 4.78 is 0. The van der Waals surface area contributed by atoms with Crippen molar-refractivity contribution in [2.24, 2.45) is 5.92 Å². The number of halogens is 1. The monoisotopic (exact) mass is 338 g/mol. The van der Waals surface area contributed by atoms with E-state index in [2.05, 4.69) is 10.6 Å². The van der Waals surface area contributed by atoms with Crippen LogP contribution in [0, 0.1) is 12.8 Å². The fraction of sp³-hybridized carbons (Fsp3) is 0.611. The third-order valence-corrected chi connectivity index (χ3v) is 5.08. The van der Waals surface area contributed by atoms with Gasteiger partial charge in [-0.3, -0.25) is 4.79 Å². The van der Waals surface area contributed by atoms with Crippen LogP contribution in [0.5, 0.6) is 0 Å². The number of carbonyl (C=O) groups is 1. The van der Waals surface area contributed by atoms with Crippen LogP contribution in [0.4, 0.5) is 0 Å². The Morgan fingerprint density at radius 2 is 1.96 bits per heavy atom. The highest BCUT2D eigenvalue weighted by atomic mass is 35.5. The van der Waals surface area contributed by atoms with Crippen LogP contribution in [-0.2, 0) is 4.79 Å². The molecule has 0 saturated carbocycles. The molecule has 2 aliphatic heterocycles. The Labute approximate surface area is 144 Å². The first-order valence-electron chi connectivity index (χ1n) is 8.38. The highest BCUT2D eigenvalue weighted by Gasteiger charge is 2.34. The first-order chi connectivity index (χ1) is 10.6. The lowest BCUT2D eigenvalue weighted by Gasteiger charge is -2.28. The minimum Gasteiger partial charge on any atom is -0.387 e. The van der Waals surface area contributed by atoms with Crippen LogP contribution in [0.3, 0.4) is 0 Å². The molecule has 0 spiro atoms. The van der Waals surface area contributed by atoms with E-state index in [1.807, 2.05) is 31.2 Å². The average molecular weight is 339 g/mol. The predicted octanol–water partition coefficient (Wildman–Crippen LogP) is 2.49. The first kappa shape index (κ1) is 18.2. The van der Waals surface area contributed by atoms with Gasteiger partial charge in [0, 0.05) is 25.0 Å². The van der Waals surface area contributed by atoms with E-state index >= 15 is 0 Å². The van der Waals surface area contributed by atoms with Crippen molar-refractivity contribution in [2.75, 3.05) is 6.54 Å². The lowest BCUT2D eigenvalue weighted by Crippen LogP contribution is -2.40. The normalized spacial score (nSPS) is 27.1. The molecule has 5 heteroatoms. The Morgan fingerprint density at radius 3 is 2.61 bits per heavy atom. The van der Waals surface area contributed by atoms with Gasteiger partial charge in [0.2, 0.25) is 5.91 Å². The number of benzene rings is 1. The molecule has 3 N–H and O–H groups in total. The highest BCUT2D eigenvalue weighted by molar-refractivity contribution is 5.85. The van der Waals surface area contributed by atoms with Crippen molar-refractivity contribution < 1.29 is 9.90 Å².